The molecule has 0 bridgehead atoms. The van der Waals surface area contributed by atoms with Crippen LogP contribution in [0.2, 0.25) is 0 Å². The normalized spacial score (nSPS) is 21.4. The van der Waals surface area contributed by atoms with Crippen LogP contribution in [0, 0.1) is 5.41 Å². The van der Waals surface area contributed by atoms with Gasteiger partial charge in [0.25, 0.3) is 0 Å². The molecule has 0 atom stereocenters. The average Bonchev–Trinajstić information content (AvgIpc) is 2.38. The van der Waals surface area contributed by atoms with Crippen LogP contribution in [-0.4, -0.2) is 19.5 Å². The zero-order valence-corrected chi connectivity index (χ0v) is 6.59. The minimum absolute atomic E-state index is 0.0590. The lowest BCUT2D eigenvalue weighted by Gasteiger charge is -2.25. The van der Waals surface area contributed by atoms with Gasteiger partial charge < -0.3 is 9.47 Å². The molecule has 1 aliphatic rings. The molecular weight excluding hydrogens is 128 g/mol. The molecule has 0 aromatic carbocycles. The van der Waals surface area contributed by atoms with E-state index in [-0.39, 0.29) is 11.7 Å². The molecule has 2 nitrogen and oxygen atoms in total. The number of rotatable bonds is 2. The van der Waals surface area contributed by atoms with E-state index in [1.165, 1.54) is 0 Å². The van der Waals surface area contributed by atoms with Crippen molar-refractivity contribution in [3.8, 4) is 0 Å². The van der Waals surface area contributed by atoms with Gasteiger partial charge in [-0.1, -0.05) is 19.9 Å². The average molecular weight is 142 g/mol. The largest absolute Gasteiger partial charge is 0.349 e. The van der Waals surface area contributed by atoms with Crippen molar-refractivity contribution in [2.24, 2.45) is 5.41 Å². The van der Waals surface area contributed by atoms with Crippen LogP contribution in [0.1, 0.15) is 13.8 Å². The second kappa shape index (κ2) is 2.72. The van der Waals surface area contributed by atoms with Crippen LogP contribution in [0.25, 0.3) is 0 Å². The van der Waals surface area contributed by atoms with Gasteiger partial charge in [0.1, 0.15) is 0 Å². The Morgan fingerprint density at radius 1 is 1.40 bits per heavy atom. The summed E-state index contributed by atoms with van der Waals surface area (Å²) in [7, 11) is 0. The lowest BCUT2D eigenvalue weighted by molar-refractivity contribution is -0.101. The summed E-state index contributed by atoms with van der Waals surface area (Å²) < 4.78 is 10.6. The molecule has 0 N–H and O–H groups in total. The lowest BCUT2D eigenvalue weighted by Crippen LogP contribution is -2.27. The van der Waals surface area contributed by atoms with Gasteiger partial charge in [0.15, 0.2) is 6.29 Å². The van der Waals surface area contributed by atoms with Gasteiger partial charge in [-0.3, -0.25) is 0 Å². The topological polar surface area (TPSA) is 18.5 Å². The fourth-order valence-corrected chi connectivity index (χ4v) is 0.884. The highest BCUT2D eigenvalue weighted by Crippen LogP contribution is 2.27. The summed E-state index contributed by atoms with van der Waals surface area (Å²) in [4.78, 5) is 0. The van der Waals surface area contributed by atoms with Crippen molar-refractivity contribution in [2.45, 2.75) is 20.1 Å². The maximum atomic E-state index is 5.32. The van der Waals surface area contributed by atoms with Gasteiger partial charge in [-0.2, -0.15) is 0 Å². The Balaban J connectivity index is 2.53. The third-order valence-electron chi connectivity index (χ3n) is 1.76. The highest BCUT2D eigenvalue weighted by molar-refractivity contribution is 4.91. The molecule has 0 radical (unpaired) electrons. The highest BCUT2D eigenvalue weighted by atomic mass is 16.7. The maximum absolute atomic E-state index is 5.32. The predicted octanol–water partition coefficient (Wildman–Crippen LogP) is 1.57. The molecule has 10 heavy (non-hydrogen) atoms. The van der Waals surface area contributed by atoms with Crippen molar-refractivity contribution in [3.63, 3.8) is 0 Å². The highest BCUT2D eigenvalue weighted by Gasteiger charge is 2.31. The summed E-state index contributed by atoms with van der Waals surface area (Å²) in [6.45, 7) is 9.24. The molecule has 0 amide bonds. The zero-order chi connectivity index (χ0) is 7.61. The maximum Gasteiger partial charge on any atom is 0.166 e. The summed E-state index contributed by atoms with van der Waals surface area (Å²) in [6, 6.07) is 0. The van der Waals surface area contributed by atoms with E-state index in [0.717, 1.165) is 0 Å². The van der Waals surface area contributed by atoms with Crippen molar-refractivity contribution in [1.29, 1.82) is 0 Å². The molecule has 0 saturated carbocycles. The minimum Gasteiger partial charge on any atom is -0.349 e. The van der Waals surface area contributed by atoms with Crippen molar-refractivity contribution >= 4 is 0 Å². The predicted molar refractivity (Wildman–Crippen MR) is 39.7 cm³/mol. The summed E-state index contributed by atoms with van der Waals surface area (Å²) in [5.41, 5.74) is -0.0590. The molecule has 1 rings (SSSR count). The molecule has 58 valence electrons. The van der Waals surface area contributed by atoms with E-state index in [0.29, 0.717) is 13.2 Å². The van der Waals surface area contributed by atoms with Crippen LogP contribution in [0.15, 0.2) is 12.7 Å². The molecule has 1 aliphatic heterocycles. The van der Waals surface area contributed by atoms with Gasteiger partial charge in [-0.25, -0.2) is 0 Å². The Bertz CT molecular complexity index is 123. The lowest BCUT2D eigenvalue weighted by atomic mass is 9.93. The van der Waals surface area contributed by atoms with E-state index in [9.17, 15) is 0 Å². The van der Waals surface area contributed by atoms with Crippen molar-refractivity contribution in [3.05, 3.63) is 12.7 Å². The Kier molecular flexibility index (Phi) is 2.11. The first-order chi connectivity index (χ1) is 4.67. The third-order valence-corrected chi connectivity index (χ3v) is 1.76. The number of ether oxygens (including phenoxy) is 2. The van der Waals surface area contributed by atoms with Crippen molar-refractivity contribution in [1.82, 2.24) is 0 Å². The number of hydrogen-bond donors (Lipinski definition) is 0. The Morgan fingerprint density at radius 2 is 1.90 bits per heavy atom. The molecule has 0 aromatic heterocycles. The van der Waals surface area contributed by atoms with E-state index < -0.39 is 0 Å². The molecule has 0 unspecified atom stereocenters. The van der Waals surface area contributed by atoms with Crippen molar-refractivity contribution in [2.75, 3.05) is 13.2 Å². The molecule has 0 spiro atoms. The summed E-state index contributed by atoms with van der Waals surface area (Å²) in [5, 5.41) is 0. The second-order valence-electron chi connectivity index (χ2n) is 3.10. The fourth-order valence-electron chi connectivity index (χ4n) is 0.884. The van der Waals surface area contributed by atoms with Gasteiger partial charge in [0.2, 0.25) is 0 Å². The quantitative estimate of drug-likeness (QED) is 0.545. The van der Waals surface area contributed by atoms with Crippen LogP contribution in [0.5, 0.6) is 0 Å². The Hall–Kier alpha value is -0.340. The van der Waals surface area contributed by atoms with Crippen LogP contribution in [0.4, 0.5) is 0 Å². The van der Waals surface area contributed by atoms with E-state index >= 15 is 0 Å². The molecule has 1 saturated heterocycles. The Labute approximate surface area is 61.8 Å². The molecule has 0 aromatic rings. The fraction of sp³-hybridized carbons (Fsp3) is 0.750. The third kappa shape index (κ3) is 1.39. The first-order valence-electron chi connectivity index (χ1n) is 3.53. The van der Waals surface area contributed by atoms with Gasteiger partial charge in [-0.05, 0) is 0 Å². The van der Waals surface area contributed by atoms with E-state index in [4.69, 9.17) is 9.47 Å². The van der Waals surface area contributed by atoms with Crippen LogP contribution in [-0.2, 0) is 9.47 Å². The standard InChI is InChI=1S/C8H14O2/c1-4-8(2,3)7-9-5-6-10-7/h4,7H,1,5-6H2,2-3H3. The van der Waals surface area contributed by atoms with Gasteiger partial charge >= 0.3 is 0 Å². The summed E-state index contributed by atoms with van der Waals surface area (Å²) >= 11 is 0. The smallest absolute Gasteiger partial charge is 0.166 e. The van der Waals surface area contributed by atoms with Gasteiger partial charge in [0.05, 0.1) is 13.2 Å². The first kappa shape index (κ1) is 7.76. The van der Waals surface area contributed by atoms with E-state index in [1.807, 2.05) is 6.08 Å². The first-order valence-corrected chi connectivity index (χ1v) is 3.53. The zero-order valence-electron chi connectivity index (χ0n) is 6.59. The molecule has 0 aliphatic carbocycles. The molecule has 2 heteroatoms. The van der Waals surface area contributed by atoms with Gasteiger partial charge in [-0.15, -0.1) is 6.58 Å². The van der Waals surface area contributed by atoms with Gasteiger partial charge in [0, 0.05) is 5.41 Å². The summed E-state index contributed by atoms with van der Waals surface area (Å²) in [5.74, 6) is 0. The number of hydrogen-bond acceptors (Lipinski definition) is 2. The summed E-state index contributed by atoms with van der Waals surface area (Å²) in [6.07, 6.45) is 1.77. The monoisotopic (exact) mass is 142 g/mol. The molecule has 1 fully saturated rings. The second-order valence-corrected chi connectivity index (χ2v) is 3.10. The van der Waals surface area contributed by atoms with Crippen LogP contribution < -0.4 is 0 Å². The van der Waals surface area contributed by atoms with Crippen LogP contribution in [0.3, 0.4) is 0 Å². The Morgan fingerprint density at radius 3 is 2.30 bits per heavy atom. The van der Waals surface area contributed by atoms with E-state index in [2.05, 4.69) is 20.4 Å². The minimum atomic E-state index is -0.0926. The van der Waals surface area contributed by atoms with E-state index in [1.54, 1.807) is 0 Å². The SMILES string of the molecule is C=CC(C)(C)C1OCCO1. The molecule has 1 heterocycles. The van der Waals surface area contributed by atoms with Crippen LogP contribution >= 0.6 is 0 Å². The van der Waals surface area contributed by atoms with Crippen molar-refractivity contribution < 1.29 is 9.47 Å². The molecular formula is C8H14O2.